The van der Waals surface area contributed by atoms with E-state index in [0.29, 0.717) is 6.42 Å². The molecule has 0 bridgehead atoms. The number of anilines is 1. The van der Waals surface area contributed by atoms with Gasteiger partial charge < -0.3 is 14.6 Å². The van der Waals surface area contributed by atoms with Gasteiger partial charge in [0.15, 0.2) is 11.4 Å². The lowest BCUT2D eigenvalue weighted by Crippen LogP contribution is -2.38. The molecule has 0 saturated carbocycles. The zero-order valence-electron chi connectivity index (χ0n) is 17.4. The van der Waals surface area contributed by atoms with Crippen LogP contribution >= 0.6 is 13.5 Å². The van der Waals surface area contributed by atoms with Crippen molar-refractivity contribution in [3.8, 4) is 11.8 Å². The fourth-order valence-corrected chi connectivity index (χ4v) is 4.87. The summed E-state index contributed by atoms with van der Waals surface area (Å²) in [5.41, 5.74) is 0.774. The molecule has 4 rings (SSSR count). The Hall–Kier alpha value is -3.40. The summed E-state index contributed by atoms with van der Waals surface area (Å²) in [7, 11) is -2.45. The zero-order valence-corrected chi connectivity index (χ0v) is 19.2. The van der Waals surface area contributed by atoms with Gasteiger partial charge in [0.2, 0.25) is 10.0 Å². The van der Waals surface area contributed by atoms with E-state index in [0.717, 1.165) is 11.6 Å². The minimum atomic E-state index is -3.96. The van der Waals surface area contributed by atoms with Crippen LogP contribution in [0.1, 0.15) is 21.6 Å². The predicted octanol–water partition coefficient (Wildman–Crippen LogP) is 2.08. The maximum absolute atomic E-state index is 13.6. The van der Waals surface area contributed by atoms with Gasteiger partial charge in [-0.2, -0.15) is 18.8 Å². The largest absolute Gasteiger partial charge is 0.488 e. The van der Waals surface area contributed by atoms with Crippen LogP contribution in [0.5, 0.6) is 5.75 Å². The summed E-state index contributed by atoms with van der Waals surface area (Å²) in [6.07, 6.45) is 4.92. The number of hydrogen-bond donors (Lipinski definition) is 2. The first-order chi connectivity index (χ1) is 15.3. The number of nitrogens with one attached hydrogen (secondary N) is 2. The summed E-state index contributed by atoms with van der Waals surface area (Å²) >= 11 is 0. The predicted molar refractivity (Wildman–Crippen MR) is 122 cm³/mol. The monoisotopic (exact) mass is 489 g/mol. The van der Waals surface area contributed by atoms with Crippen molar-refractivity contribution in [2.24, 2.45) is 7.05 Å². The van der Waals surface area contributed by atoms with Crippen molar-refractivity contribution in [1.29, 1.82) is 5.26 Å². The third-order valence-corrected chi connectivity index (χ3v) is 6.42. The first-order valence-electron chi connectivity index (χ1n) is 9.53. The van der Waals surface area contributed by atoms with Gasteiger partial charge in [-0.15, -0.1) is 0 Å². The van der Waals surface area contributed by atoms with Crippen LogP contribution in [0.2, 0.25) is 0 Å². The van der Waals surface area contributed by atoms with E-state index in [1.165, 1.54) is 29.9 Å². The molecule has 12 heteroatoms. The van der Waals surface area contributed by atoms with E-state index in [4.69, 9.17) is 10.00 Å². The molecule has 0 aliphatic carbocycles. The molecule has 3 aromatic rings. The molecule has 33 heavy (non-hydrogen) atoms. The number of carbonyl (C=O) groups is 1. The van der Waals surface area contributed by atoms with Crippen LogP contribution in [-0.4, -0.2) is 36.5 Å². The van der Waals surface area contributed by atoms with Crippen molar-refractivity contribution in [2.75, 3.05) is 11.9 Å². The molecular weight excluding hydrogens is 469 g/mol. The normalized spacial score (nSPS) is 16.3. The Morgan fingerprint density at radius 2 is 2.21 bits per heavy atom. The molecule has 2 aromatic heterocycles. The van der Waals surface area contributed by atoms with Crippen molar-refractivity contribution in [1.82, 2.24) is 14.3 Å². The smallest absolute Gasteiger partial charge is 0.276 e. The molecule has 0 spiro atoms. The number of ether oxygens (including phenoxy) is 1. The van der Waals surface area contributed by atoms with Crippen LogP contribution in [0.4, 0.5) is 10.1 Å². The Morgan fingerprint density at radius 1 is 1.42 bits per heavy atom. The highest BCUT2D eigenvalue weighted by Gasteiger charge is 2.34. The first-order valence-corrected chi connectivity index (χ1v) is 11.0. The van der Waals surface area contributed by atoms with Crippen molar-refractivity contribution in [3.63, 3.8) is 0 Å². The number of benzene rings is 1. The Bertz CT molecular complexity index is 1340. The Labute approximate surface area is 196 Å². The molecule has 0 saturated heterocycles. The Balaban J connectivity index is 0.00000306. The van der Waals surface area contributed by atoms with E-state index >= 15 is 0 Å². The number of nitrogens with zero attached hydrogens (tertiary/aromatic N) is 3. The average Bonchev–Trinajstić information content (AvgIpc) is 3.05. The second-order valence-electron chi connectivity index (χ2n) is 7.24. The van der Waals surface area contributed by atoms with Gasteiger partial charge in [-0.25, -0.2) is 17.5 Å². The fourth-order valence-electron chi connectivity index (χ4n) is 3.45. The molecule has 0 radical (unpaired) electrons. The second-order valence-corrected chi connectivity index (χ2v) is 8.92. The van der Waals surface area contributed by atoms with Gasteiger partial charge in [-0.3, -0.25) is 9.78 Å². The summed E-state index contributed by atoms with van der Waals surface area (Å²) in [5, 5.41) is 11.5. The maximum atomic E-state index is 13.6. The number of fused-ring (bicyclic) bond motifs is 1. The standard InChI is InChI=1S/C21H18FN5O4S.H2S/c1-27-11-18-20(19(27)21(28)25-15-4-5-17(22)14(8-15)9-23)31-12-16(26-32(18,29)30)7-13-3-2-6-24-10-13;/h2-6,8,10-11,16,26H,7,12H2,1H3,(H,25,28);1H2/t16-;/m0./s1. The van der Waals surface area contributed by atoms with Crippen LogP contribution in [0.25, 0.3) is 0 Å². The van der Waals surface area contributed by atoms with Gasteiger partial charge in [0.1, 0.15) is 23.4 Å². The highest BCUT2D eigenvalue weighted by atomic mass is 32.2. The van der Waals surface area contributed by atoms with E-state index in [2.05, 4.69) is 15.0 Å². The molecule has 9 nitrogen and oxygen atoms in total. The van der Waals surface area contributed by atoms with E-state index in [9.17, 15) is 17.6 Å². The number of aromatic nitrogens is 2. The third-order valence-electron chi connectivity index (χ3n) is 4.91. The molecule has 0 fully saturated rings. The molecule has 1 aromatic carbocycles. The molecule has 3 heterocycles. The molecular formula is C21H20FN5O4S2. The van der Waals surface area contributed by atoms with Gasteiger partial charge in [0, 0.05) is 31.3 Å². The highest BCUT2D eigenvalue weighted by Crippen LogP contribution is 2.33. The summed E-state index contributed by atoms with van der Waals surface area (Å²) in [5.74, 6) is -1.45. The molecule has 0 unspecified atom stereocenters. The first kappa shape index (κ1) is 24.2. The SMILES string of the molecule is Cn1cc2c(c1C(=O)Nc1ccc(F)c(C#N)c1)OC[C@H](Cc1cccnc1)NS2(=O)=O.S. The second kappa shape index (κ2) is 9.62. The molecule has 1 amide bonds. The molecule has 172 valence electrons. The van der Waals surface area contributed by atoms with Crippen LogP contribution in [-0.2, 0) is 23.5 Å². The third kappa shape index (κ3) is 5.00. The van der Waals surface area contributed by atoms with Gasteiger partial charge in [-0.05, 0) is 36.2 Å². The number of halogens is 1. The number of hydrogen-bond acceptors (Lipinski definition) is 6. The highest BCUT2D eigenvalue weighted by molar-refractivity contribution is 7.89. The number of amides is 1. The molecule has 1 aliphatic rings. The fraction of sp³-hybridized carbons (Fsp3) is 0.190. The topological polar surface area (TPSA) is 126 Å². The van der Waals surface area contributed by atoms with Crippen LogP contribution < -0.4 is 14.8 Å². The van der Waals surface area contributed by atoms with Crippen LogP contribution in [0, 0.1) is 17.1 Å². The molecule has 2 N–H and O–H groups in total. The Morgan fingerprint density at radius 3 is 2.91 bits per heavy atom. The van der Waals surface area contributed by atoms with Crippen molar-refractivity contribution in [2.45, 2.75) is 17.4 Å². The minimum Gasteiger partial charge on any atom is -0.488 e. The summed E-state index contributed by atoms with van der Waals surface area (Å²) in [4.78, 5) is 16.8. The maximum Gasteiger partial charge on any atom is 0.276 e. The minimum absolute atomic E-state index is 0. The lowest BCUT2D eigenvalue weighted by molar-refractivity contribution is 0.101. The molecule has 1 atom stereocenters. The number of sulfonamides is 1. The Kier molecular flexibility index (Phi) is 7.06. The summed E-state index contributed by atoms with van der Waals surface area (Å²) < 4.78 is 49.2. The lowest BCUT2D eigenvalue weighted by Gasteiger charge is -2.15. The van der Waals surface area contributed by atoms with Crippen molar-refractivity contribution < 1.29 is 22.3 Å². The number of rotatable bonds is 4. The van der Waals surface area contributed by atoms with Crippen LogP contribution in [0.15, 0.2) is 53.8 Å². The summed E-state index contributed by atoms with van der Waals surface area (Å²) in [6.45, 7) is 0.000542. The van der Waals surface area contributed by atoms with Gasteiger partial charge in [0.05, 0.1) is 11.6 Å². The quantitative estimate of drug-likeness (QED) is 0.578. The van der Waals surface area contributed by atoms with Gasteiger partial charge in [-0.1, -0.05) is 6.07 Å². The van der Waals surface area contributed by atoms with E-state index in [1.54, 1.807) is 24.5 Å². The van der Waals surface area contributed by atoms with Crippen molar-refractivity contribution >= 4 is 35.1 Å². The van der Waals surface area contributed by atoms with Gasteiger partial charge in [0.25, 0.3) is 5.91 Å². The van der Waals surface area contributed by atoms with Gasteiger partial charge >= 0.3 is 0 Å². The van der Waals surface area contributed by atoms with E-state index in [1.807, 2.05) is 6.07 Å². The summed E-state index contributed by atoms with van der Waals surface area (Å²) in [6, 6.07) is 8.28. The number of nitriles is 1. The van der Waals surface area contributed by atoms with E-state index in [-0.39, 0.29) is 47.7 Å². The number of pyridine rings is 1. The molecule has 1 aliphatic heterocycles. The number of carbonyl (C=O) groups excluding carboxylic acids is 1. The lowest BCUT2D eigenvalue weighted by atomic mass is 10.1. The zero-order chi connectivity index (χ0) is 22.9. The van der Waals surface area contributed by atoms with E-state index < -0.39 is 27.8 Å². The van der Waals surface area contributed by atoms with Crippen molar-refractivity contribution in [3.05, 3.63) is 71.6 Å². The van der Waals surface area contributed by atoms with Crippen LogP contribution in [0.3, 0.4) is 0 Å². The number of aryl methyl sites for hydroxylation is 1. The average molecular weight is 490 g/mol.